The monoisotopic (exact) mass is 427 g/mol. The Balaban J connectivity index is 1.85. The van der Waals surface area contributed by atoms with E-state index in [1.807, 2.05) is 0 Å². The molecule has 0 bridgehead atoms. The maximum atomic E-state index is 13.4. The molecule has 0 atom stereocenters. The van der Waals surface area contributed by atoms with Crippen molar-refractivity contribution in [3.05, 3.63) is 97.0 Å². The minimum absolute atomic E-state index is 0.0786. The Labute approximate surface area is 178 Å². The van der Waals surface area contributed by atoms with Gasteiger partial charge in [0.25, 0.3) is 11.1 Å². The third-order valence-electron chi connectivity index (χ3n) is 5.39. The number of H-pyrrole nitrogens is 1. The lowest BCUT2D eigenvalue weighted by Crippen LogP contribution is -2.34. The molecule has 9 heteroatoms. The zero-order chi connectivity index (χ0) is 22.6. The lowest BCUT2D eigenvalue weighted by molar-refractivity contribution is 0.432. The summed E-state index contributed by atoms with van der Waals surface area (Å²) in [5.74, 6) is -0.916. The summed E-state index contributed by atoms with van der Waals surface area (Å²) < 4.78 is 15.6. The van der Waals surface area contributed by atoms with Gasteiger partial charge in [-0.05, 0) is 55.0 Å². The molecule has 32 heavy (non-hydrogen) atoms. The van der Waals surface area contributed by atoms with E-state index in [0.29, 0.717) is 22.3 Å². The Morgan fingerprint density at radius 2 is 1.88 bits per heavy atom. The van der Waals surface area contributed by atoms with Gasteiger partial charge < -0.3 is 5.11 Å². The van der Waals surface area contributed by atoms with Crippen molar-refractivity contribution in [3.63, 3.8) is 0 Å². The molecule has 0 aliphatic carbocycles. The van der Waals surface area contributed by atoms with Crippen molar-refractivity contribution in [2.45, 2.75) is 6.92 Å². The Morgan fingerprint density at radius 1 is 1.16 bits per heavy atom. The van der Waals surface area contributed by atoms with Gasteiger partial charge in [0.2, 0.25) is 5.88 Å². The first kappa shape index (κ1) is 19.3. The van der Waals surface area contributed by atoms with Crippen molar-refractivity contribution < 1.29 is 9.50 Å². The van der Waals surface area contributed by atoms with Crippen molar-refractivity contribution >= 4 is 22.8 Å². The van der Waals surface area contributed by atoms with Crippen LogP contribution in [0.1, 0.15) is 16.7 Å². The minimum Gasteiger partial charge on any atom is -0.493 e. The number of rotatable bonds is 2. The molecule has 5 aromatic rings. The first-order valence-electron chi connectivity index (χ1n) is 9.56. The van der Waals surface area contributed by atoms with Crippen LogP contribution in [0, 0.1) is 24.1 Å². The average Bonchev–Trinajstić information content (AvgIpc) is 3.30. The number of aromatic amines is 1. The van der Waals surface area contributed by atoms with Crippen LogP contribution in [0.5, 0.6) is 5.88 Å². The Hall–Kier alpha value is -4.71. The standard InChI is InChI=1S/C23H14FN5O3/c1-12-15(10-16-21(30)27-29(23(16)32)14-8-6-13(24)7-9-14)22(31)28-19-5-3-2-4-18(19)26-20(28)17(12)11-25/h2-10,32H,1H3,(H,27,30)/b15-10+. The second kappa shape index (κ2) is 6.92. The highest BCUT2D eigenvalue weighted by Crippen LogP contribution is 2.20. The van der Waals surface area contributed by atoms with E-state index in [1.54, 1.807) is 31.2 Å². The first-order valence-corrected chi connectivity index (χ1v) is 9.56. The fraction of sp³-hybridized carbons (Fsp3) is 0.0435. The first-order chi connectivity index (χ1) is 15.4. The summed E-state index contributed by atoms with van der Waals surface area (Å²) in [5.41, 5.74) is 0.889. The summed E-state index contributed by atoms with van der Waals surface area (Å²) in [7, 11) is 0. The number of aromatic hydroxyl groups is 1. The van der Waals surface area contributed by atoms with Gasteiger partial charge in [-0.1, -0.05) is 12.1 Å². The average molecular weight is 427 g/mol. The van der Waals surface area contributed by atoms with E-state index >= 15 is 0 Å². The molecule has 5 rings (SSSR count). The summed E-state index contributed by atoms with van der Waals surface area (Å²) in [6, 6.07) is 14.2. The van der Waals surface area contributed by atoms with Gasteiger partial charge in [-0.25, -0.2) is 14.1 Å². The number of hydrogen-bond acceptors (Lipinski definition) is 5. The number of benzene rings is 2. The van der Waals surface area contributed by atoms with Crippen LogP contribution >= 0.6 is 0 Å². The molecule has 0 saturated carbocycles. The van der Waals surface area contributed by atoms with Crippen LogP contribution in [0.4, 0.5) is 4.39 Å². The molecule has 0 saturated heterocycles. The highest BCUT2D eigenvalue weighted by atomic mass is 19.1. The molecule has 156 valence electrons. The molecule has 0 aliphatic heterocycles. The van der Waals surface area contributed by atoms with E-state index in [1.165, 1.54) is 34.7 Å². The largest absolute Gasteiger partial charge is 0.493 e. The predicted octanol–water partition coefficient (Wildman–Crippen LogP) is 1.90. The van der Waals surface area contributed by atoms with E-state index in [2.05, 4.69) is 16.2 Å². The van der Waals surface area contributed by atoms with Crippen LogP contribution in [-0.2, 0) is 0 Å². The number of imidazole rings is 1. The van der Waals surface area contributed by atoms with Crippen LogP contribution in [-0.4, -0.2) is 24.3 Å². The normalized spacial score (nSPS) is 12.0. The smallest absolute Gasteiger partial charge is 0.275 e. The highest BCUT2D eigenvalue weighted by Gasteiger charge is 2.18. The molecule has 2 aromatic carbocycles. The maximum Gasteiger partial charge on any atom is 0.275 e. The molecule has 0 aliphatic rings. The molecule has 3 aromatic heterocycles. The second-order valence-electron chi connectivity index (χ2n) is 7.22. The lowest BCUT2D eigenvalue weighted by atomic mass is 10.1. The molecule has 8 nitrogen and oxygen atoms in total. The van der Waals surface area contributed by atoms with Gasteiger partial charge in [0.1, 0.15) is 17.4 Å². The molecule has 0 spiro atoms. The zero-order valence-electron chi connectivity index (χ0n) is 16.6. The van der Waals surface area contributed by atoms with Crippen LogP contribution < -0.4 is 16.3 Å². The minimum atomic E-state index is -0.653. The molecule has 3 heterocycles. The van der Waals surface area contributed by atoms with Gasteiger partial charge in [-0.15, -0.1) is 0 Å². The number of pyridine rings is 1. The van der Waals surface area contributed by atoms with Gasteiger partial charge in [-0.3, -0.25) is 19.1 Å². The van der Waals surface area contributed by atoms with Crippen molar-refractivity contribution in [2.24, 2.45) is 0 Å². The number of aromatic nitrogens is 4. The molecule has 0 amide bonds. The Bertz CT molecular complexity index is 1760. The zero-order valence-corrected chi connectivity index (χ0v) is 16.6. The van der Waals surface area contributed by atoms with Crippen molar-refractivity contribution in [1.29, 1.82) is 5.26 Å². The van der Waals surface area contributed by atoms with Crippen molar-refractivity contribution in [1.82, 2.24) is 19.2 Å². The maximum absolute atomic E-state index is 13.4. The van der Waals surface area contributed by atoms with Crippen molar-refractivity contribution in [3.8, 4) is 17.6 Å². The van der Waals surface area contributed by atoms with E-state index in [9.17, 15) is 24.3 Å². The number of halogens is 1. The van der Waals surface area contributed by atoms with E-state index in [0.717, 1.165) is 4.68 Å². The lowest BCUT2D eigenvalue weighted by Gasteiger charge is -2.04. The van der Waals surface area contributed by atoms with Gasteiger partial charge in [0, 0.05) is 5.22 Å². The van der Waals surface area contributed by atoms with E-state index in [4.69, 9.17) is 0 Å². The molecule has 0 radical (unpaired) electrons. The summed E-state index contributed by atoms with van der Waals surface area (Å²) in [4.78, 5) is 30.4. The number of nitriles is 1. The molecule has 0 unspecified atom stereocenters. The fourth-order valence-electron chi connectivity index (χ4n) is 3.77. The number of hydrogen-bond donors (Lipinski definition) is 2. The Morgan fingerprint density at radius 3 is 2.59 bits per heavy atom. The Kier molecular flexibility index (Phi) is 4.17. The summed E-state index contributed by atoms with van der Waals surface area (Å²) in [6.45, 7) is 1.59. The second-order valence-corrected chi connectivity index (χ2v) is 7.22. The SMILES string of the molecule is Cc1c(C#N)c2nc3ccccc3n2c(=O)/c1=C/c1c(O)n(-c2ccc(F)cc2)[nH]c1=O. The summed E-state index contributed by atoms with van der Waals surface area (Å²) in [6.07, 6.45) is 1.25. The van der Waals surface area contributed by atoms with Gasteiger partial charge in [-0.2, -0.15) is 5.26 Å². The molecular formula is C23H14FN5O3. The quantitative estimate of drug-likeness (QED) is 0.446. The van der Waals surface area contributed by atoms with E-state index in [-0.39, 0.29) is 22.0 Å². The number of fused-ring (bicyclic) bond motifs is 3. The van der Waals surface area contributed by atoms with Crippen LogP contribution in [0.3, 0.4) is 0 Å². The number of nitrogens with one attached hydrogen (secondary N) is 1. The number of para-hydroxylation sites is 2. The number of nitrogens with zero attached hydrogens (tertiary/aromatic N) is 4. The molecule has 0 fully saturated rings. The highest BCUT2D eigenvalue weighted by molar-refractivity contribution is 5.82. The molecular weight excluding hydrogens is 413 g/mol. The van der Waals surface area contributed by atoms with Crippen LogP contribution in [0.25, 0.3) is 28.4 Å². The predicted molar refractivity (Wildman–Crippen MR) is 115 cm³/mol. The van der Waals surface area contributed by atoms with E-state index < -0.39 is 22.8 Å². The third-order valence-corrected chi connectivity index (χ3v) is 5.39. The summed E-state index contributed by atoms with van der Waals surface area (Å²) in [5, 5.41) is 23.0. The van der Waals surface area contributed by atoms with Gasteiger partial charge in [0.15, 0.2) is 5.65 Å². The van der Waals surface area contributed by atoms with Crippen molar-refractivity contribution in [2.75, 3.05) is 0 Å². The van der Waals surface area contributed by atoms with Crippen LogP contribution in [0.15, 0.2) is 58.1 Å². The topological polar surface area (TPSA) is 116 Å². The van der Waals surface area contributed by atoms with Crippen LogP contribution in [0.2, 0.25) is 0 Å². The third kappa shape index (κ3) is 2.70. The summed E-state index contributed by atoms with van der Waals surface area (Å²) >= 11 is 0. The van der Waals surface area contributed by atoms with Gasteiger partial charge in [0.05, 0.1) is 22.3 Å². The fourth-order valence-corrected chi connectivity index (χ4v) is 3.77. The van der Waals surface area contributed by atoms with Gasteiger partial charge >= 0.3 is 0 Å². The molecule has 2 N–H and O–H groups in total.